The normalized spacial score (nSPS) is 17.0. The summed E-state index contributed by atoms with van der Waals surface area (Å²) in [6.07, 6.45) is 2.34. The van der Waals surface area contributed by atoms with Crippen molar-refractivity contribution in [1.82, 2.24) is 4.90 Å². The van der Waals surface area contributed by atoms with Crippen LogP contribution >= 0.6 is 0 Å². The highest BCUT2D eigenvalue weighted by Gasteiger charge is 2.42. The number of rotatable bonds is 5. The van der Waals surface area contributed by atoms with Crippen LogP contribution in [0.15, 0.2) is 42.5 Å². The summed E-state index contributed by atoms with van der Waals surface area (Å²) in [6.45, 7) is 2.27. The molecular weight excluding hydrogens is 234 g/mol. The van der Waals surface area contributed by atoms with Crippen molar-refractivity contribution in [3.63, 3.8) is 0 Å². The van der Waals surface area contributed by atoms with Crippen LogP contribution in [0.5, 0.6) is 0 Å². The molecule has 0 unspecified atom stereocenters. The molecule has 3 rings (SSSR count). The Hall–Kier alpha value is -1.38. The van der Waals surface area contributed by atoms with Gasteiger partial charge in [0.15, 0.2) is 0 Å². The van der Waals surface area contributed by atoms with Crippen LogP contribution in [-0.4, -0.2) is 30.2 Å². The van der Waals surface area contributed by atoms with Gasteiger partial charge in [0.25, 0.3) is 0 Å². The van der Waals surface area contributed by atoms with Crippen LogP contribution in [0.4, 0.5) is 0 Å². The van der Waals surface area contributed by atoms with Gasteiger partial charge in [-0.1, -0.05) is 42.5 Å². The van der Waals surface area contributed by atoms with Gasteiger partial charge in [-0.05, 0) is 36.2 Å². The summed E-state index contributed by atoms with van der Waals surface area (Å²) in [7, 11) is 2.15. The number of hydrogen-bond donors (Lipinski definition) is 1. The first-order valence-electron chi connectivity index (χ1n) is 6.99. The molecule has 0 aromatic heterocycles. The number of hydrogen-bond acceptors (Lipinski definition) is 2. The fourth-order valence-corrected chi connectivity index (χ4v) is 2.89. The monoisotopic (exact) mass is 255 g/mol. The van der Waals surface area contributed by atoms with E-state index in [1.54, 1.807) is 0 Å². The number of fused-ring (bicyclic) bond motifs is 1. The highest BCUT2D eigenvalue weighted by atomic mass is 16.3. The lowest BCUT2D eigenvalue weighted by molar-refractivity contribution is 0.161. The predicted molar refractivity (Wildman–Crippen MR) is 79.0 cm³/mol. The lowest BCUT2D eigenvalue weighted by atomic mass is 10.0. The van der Waals surface area contributed by atoms with Gasteiger partial charge in [-0.15, -0.1) is 0 Å². The Bertz CT molecular complexity index is 569. The minimum atomic E-state index is 0.194. The molecule has 0 atom stereocenters. The van der Waals surface area contributed by atoms with E-state index in [-0.39, 0.29) is 5.41 Å². The van der Waals surface area contributed by atoms with Crippen molar-refractivity contribution >= 4 is 10.8 Å². The van der Waals surface area contributed by atoms with E-state index >= 15 is 0 Å². The van der Waals surface area contributed by atoms with E-state index in [1.807, 2.05) is 0 Å². The maximum Gasteiger partial charge on any atom is 0.0499 e. The molecule has 0 bridgehead atoms. The minimum Gasteiger partial charge on any atom is -0.396 e. The average Bonchev–Trinajstić information content (AvgIpc) is 3.19. The Labute approximate surface area is 114 Å². The number of benzene rings is 2. The number of aliphatic hydroxyl groups excluding tert-OH is 1. The molecule has 0 heterocycles. The van der Waals surface area contributed by atoms with Gasteiger partial charge in [0, 0.05) is 25.1 Å². The summed E-state index contributed by atoms with van der Waals surface area (Å²) in [5.41, 5.74) is 1.56. The van der Waals surface area contributed by atoms with Crippen molar-refractivity contribution in [3.05, 3.63) is 48.0 Å². The van der Waals surface area contributed by atoms with Crippen molar-refractivity contribution in [3.8, 4) is 0 Å². The van der Waals surface area contributed by atoms with Gasteiger partial charge in [-0.25, -0.2) is 0 Å². The van der Waals surface area contributed by atoms with Crippen molar-refractivity contribution in [2.45, 2.75) is 19.4 Å². The van der Waals surface area contributed by atoms with E-state index in [0.29, 0.717) is 6.61 Å². The third-order valence-corrected chi connectivity index (χ3v) is 4.22. The summed E-state index contributed by atoms with van der Waals surface area (Å²) >= 11 is 0. The Kier molecular flexibility index (Phi) is 3.29. The van der Waals surface area contributed by atoms with Crippen LogP contribution < -0.4 is 0 Å². The quantitative estimate of drug-likeness (QED) is 0.887. The summed E-state index contributed by atoms with van der Waals surface area (Å²) < 4.78 is 0. The fourth-order valence-electron chi connectivity index (χ4n) is 2.89. The molecule has 0 aliphatic heterocycles. The van der Waals surface area contributed by atoms with Crippen molar-refractivity contribution in [1.29, 1.82) is 0 Å². The highest BCUT2D eigenvalue weighted by molar-refractivity contribution is 5.85. The van der Waals surface area contributed by atoms with E-state index in [1.165, 1.54) is 29.2 Å². The standard InChI is InChI=1S/C17H21NO/c1-18(12-17(13-19)9-10-17)11-15-7-4-6-14-5-2-3-8-16(14)15/h2-8,19H,9-13H2,1H3. The SMILES string of the molecule is CN(Cc1cccc2ccccc12)CC1(CO)CC1. The predicted octanol–water partition coefficient (Wildman–Crippen LogP) is 3.04. The topological polar surface area (TPSA) is 23.5 Å². The largest absolute Gasteiger partial charge is 0.396 e. The molecule has 2 aromatic carbocycles. The molecule has 100 valence electrons. The summed E-state index contributed by atoms with van der Waals surface area (Å²) in [5.74, 6) is 0. The summed E-state index contributed by atoms with van der Waals surface area (Å²) in [6, 6.07) is 15.0. The van der Waals surface area contributed by atoms with Crippen molar-refractivity contribution in [2.24, 2.45) is 5.41 Å². The molecule has 2 aromatic rings. The van der Waals surface area contributed by atoms with E-state index in [4.69, 9.17) is 0 Å². The molecule has 1 fully saturated rings. The molecule has 1 saturated carbocycles. The third kappa shape index (κ3) is 2.65. The van der Waals surface area contributed by atoms with Crippen LogP contribution in [0.2, 0.25) is 0 Å². The van der Waals surface area contributed by atoms with Gasteiger partial charge >= 0.3 is 0 Å². The zero-order valence-corrected chi connectivity index (χ0v) is 11.5. The van der Waals surface area contributed by atoms with Gasteiger partial charge in [0.05, 0.1) is 0 Å². The first-order valence-corrected chi connectivity index (χ1v) is 6.99. The second-order valence-corrected chi connectivity index (χ2v) is 5.97. The molecule has 2 nitrogen and oxygen atoms in total. The number of aliphatic hydroxyl groups is 1. The van der Waals surface area contributed by atoms with Gasteiger partial charge in [0.1, 0.15) is 0 Å². The molecule has 0 amide bonds. The molecule has 0 radical (unpaired) electrons. The molecular formula is C17H21NO. The van der Waals surface area contributed by atoms with Gasteiger partial charge < -0.3 is 10.0 Å². The Morgan fingerprint density at radius 3 is 2.58 bits per heavy atom. The lowest BCUT2D eigenvalue weighted by Gasteiger charge is -2.22. The fraction of sp³-hybridized carbons (Fsp3) is 0.412. The van der Waals surface area contributed by atoms with E-state index in [9.17, 15) is 5.11 Å². The van der Waals surface area contributed by atoms with Crippen molar-refractivity contribution < 1.29 is 5.11 Å². The first kappa shape index (κ1) is 12.6. The van der Waals surface area contributed by atoms with Crippen LogP contribution in [0, 0.1) is 5.41 Å². The smallest absolute Gasteiger partial charge is 0.0499 e. The molecule has 0 saturated heterocycles. The Balaban J connectivity index is 1.77. The maximum absolute atomic E-state index is 9.42. The molecule has 1 aliphatic rings. The van der Waals surface area contributed by atoms with Gasteiger partial charge in [-0.2, -0.15) is 0 Å². The summed E-state index contributed by atoms with van der Waals surface area (Å²) in [5, 5.41) is 12.1. The van der Waals surface area contributed by atoms with Crippen LogP contribution in [0.1, 0.15) is 18.4 Å². The van der Waals surface area contributed by atoms with E-state index in [2.05, 4.69) is 54.4 Å². The molecule has 1 N–H and O–H groups in total. The Morgan fingerprint density at radius 2 is 1.84 bits per heavy atom. The third-order valence-electron chi connectivity index (χ3n) is 4.22. The van der Waals surface area contributed by atoms with Crippen LogP contribution in [0.3, 0.4) is 0 Å². The highest BCUT2D eigenvalue weighted by Crippen LogP contribution is 2.45. The zero-order valence-electron chi connectivity index (χ0n) is 11.5. The molecule has 1 aliphatic carbocycles. The summed E-state index contributed by atoms with van der Waals surface area (Å²) in [4.78, 5) is 2.34. The molecule has 2 heteroatoms. The zero-order chi connectivity index (χ0) is 13.3. The van der Waals surface area contributed by atoms with Crippen LogP contribution in [0.25, 0.3) is 10.8 Å². The van der Waals surface area contributed by atoms with E-state index < -0.39 is 0 Å². The first-order chi connectivity index (χ1) is 9.22. The number of nitrogens with zero attached hydrogens (tertiary/aromatic N) is 1. The molecule has 19 heavy (non-hydrogen) atoms. The lowest BCUT2D eigenvalue weighted by Crippen LogP contribution is -2.28. The van der Waals surface area contributed by atoms with Crippen LogP contribution in [-0.2, 0) is 6.54 Å². The Morgan fingerprint density at radius 1 is 1.11 bits per heavy atom. The van der Waals surface area contributed by atoms with Gasteiger partial charge in [0.2, 0.25) is 0 Å². The van der Waals surface area contributed by atoms with Gasteiger partial charge in [-0.3, -0.25) is 0 Å². The minimum absolute atomic E-state index is 0.194. The second kappa shape index (κ2) is 4.95. The van der Waals surface area contributed by atoms with E-state index in [0.717, 1.165) is 13.1 Å². The van der Waals surface area contributed by atoms with Crippen molar-refractivity contribution in [2.75, 3.05) is 20.2 Å². The maximum atomic E-state index is 9.42. The second-order valence-electron chi connectivity index (χ2n) is 5.97. The molecule has 0 spiro atoms. The average molecular weight is 255 g/mol.